The van der Waals surface area contributed by atoms with Crippen LogP contribution < -0.4 is 15.4 Å². The van der Waals surface area contributed by atoms with Crippen LogP contribution in [-0.2, 0) is 4.79 Å². The fourth-order valence-corrected chi connectivity index (χ4v) is 2.91. The van der Waals surface area contributed by atoms with E-state index < -0.39 is 0 Å². The van der Waals surface area contributed by atoms with Gasteiger partial charge in [-0.3, -0.25) is 4.79 Å². The van der Waals surface area contributed by atoms with Crippen LogP contribution >= 0.6 is 0 Å². The van der Waals surface area contributed by atoms with Gasteiger partial charge in [0, 0.05) is 18.2 Å². The first-order valence-electron chi connectivity index (χ1n) is 7.92. The molecule has 4 nitrogen and oxygen atoms in total. The standard InChI is InChI=1S/C17H26N2O2/c1-3-21-16-6-4-5-15(12-16)19-17(20)11-13(2)14-7-9-18-10-8-14/h4-6,12-14,18H,3,7-11H2,1-2H3,(H,19,20). The second-order valence-corrected chi connectivity index (χ2v) is 5.78. The van der Waals surface area contributed by atoms with Crippen LogP contribution in [0.25, 0.3) is 0 Å². The Balaban J connectivity index is 1.84. The third kappa shape index (κ3) is 5.05. The first-order chi connectivity index (χ1) is 10.2. The van der Waals surface area contributed by atoms with Gasteiger partial charge >= 0.3 is 0 Å². The monoisotopic (exact) mass is 290 g/mol. The van der Waals surface area contributed by atoms with Gasteiger partial charge in [-0.25, -0.2) is 0 Å². The number of hydrogen-bond donors (Lipinski definition) is 2. The van der Waals surface area contributed by atoms with Gasteiger partial charge in [0.05, 0.1) is 6.61 Å². The average molecular weight is 290 g/mol. The second kappa shape index (κ2) is 8.03. The first kappa shape index (κ1) is 15.8. The van der Waals surface area contributed by atoms with Gasteiger partial charge in [0.25, 0.3) is 0 Å². The van der Waals surface area contributed by atoms with E-state index >= 15 is 0 Å². The van der Waals surface area contributed by atoms with Crippen LogP contribution in [0.1, 0.15) is 33.1 Å². The predicted molar refractivity (Wildman–Crippen MR) is 85.6 cm³/mol. The Labute approximate surface area is 127 Å². The highest BCUT2D eigenvalue weighted by molar-refractivity contribution is 5.91. The van der Waals surface area contributed by atoms with Crippen molar-refractivity contribution in [3.8, 4) is 5.75 Å². The maximum Gasteiger partial charge on any atom is 0.224 e. The van der Waals surface area contributed by atoms with Crippen LogP contribution in [0.5, 0.6) is 5.75 Å². The van der Waals surface area contributed by atoms with E-state index in [4.69, 9.17) is 4.74 Å². The normalized spacial score (nSPS) is 17.2. The molecule has 1 fully saturated rings. The molecule has 1 amide bonds. The molecule has 2 N–H and O–H groups in total. The van der Waals surface area contributed by atoms with E-state index in [9.17, 15) is 4.79 Å². The number of ether oxygens (including phenoxy) is 1. The van der Waals surface area contributed by atoms with E-state index in [2.05, 4.69) is 17.6 Å². The summed E-state index contributed by atoms with van der Waals surface area (Å²) in [7, 11) is 0. The van der Waals surface area contributed by atoms with Crippen LogP contribution in [-0.4, -0.2) is 25.6 Å². The lowest BCUT2D eigenvalue weighted by Gasteiger charge is -2.27. The number of carbonyl (C=O) groups is 1. The summed E-state index contributed by atoms with van der Waals surface area (Å²) in [6.45, 7) is 6.92. The van der Waals surface area contributed by atoms with Crippen molar-refractivity contribution in [2.45, 2.75) is 33.1 Å². The van der Waals surface area contributed by atoms with Crippen LogP contribution in [0.3, 0.4) is 0 Å². The molecule has 1 aromatic carbocycles. The van der Waals surface area contributed by atoms with Crippen molar-refractivity contribution in [1.29, 1.82) is 0 Å². The molecule has 0 saturated carbocycles. The SMILES string of the molecule is CCOc1cccc(NC(=O)CC(C)C2CCNCC2)c1. The molecular weight excluding hydrogens is 264 g/mol. The summed E-state index contributed by atoms with van der Waals surface area (Å²) in [6.07, 6.45) is 2.94. The largest absolute Gasteiger partial charge is 0.494 e. The van der Waals surface area contributed by atoms with Gasteiger partial charge in [0.2, 0.25) is 5.91 Å². The molecule has 0 radical (unpaired) electrons. The van der Waals surface area contributed by atoms with Crippen LogP contribution in [0.2, 0.25) is 0 Å². The van der Waals surface area contributed by atoms with Crippen LogP contribution in [0.15, 0.2) is 24.3 Å². The molecule has 1 atom stereocenters. The zero-order chi connectivity index (χ0) is 15.1. The first-order valence-corrected chi connectivity index (χ1v) is 7.92. The molecular formula is C17H26N2O2. The Morgan fingerprint density at radius 1 is 1.43 bits per heavy atom. The van der Waals surface area contributed by atoms with E-state index in [-0.39, 0.29) is 5.91 Å². The second-order valence-electron chi connectivity index (χ2n) is 5.78. The van der Waals surface area contributed by atoms with Gasteiger partial charge in [0.1, 0.15) is 5.75 Å². The van der Waals surface area contributed by atoms with E-state index in [1.807, 2.05) is 31.2 Å². The summed E-state index contributed by atoms with van der Waals surface area (Å²) in [5.74, 6) is 1.98. The van der Waals surface area contributed by atoms with Gasteiger partial charge in [-0.2, -0.15) is 0 Å². The Bertz CT molecular complexity index is 456. The molecule has 0 aromatic heterocycles. The highest BCUT2D eigenvalue weighted by Gasteiger charge is 2.22. The number of nitrogens with one attached hydrogen (secondary N) is 2. The molecule has 1 aromatic rings. The third-order valence-electron chi connectivity index (χ3n) is 4.12. The molecule has 1 aliphatic heterocycles. The number of rotatable bonds is 6. The number of amides is 1. The lowest BCUT2D eigenvalue weighted by molar-refractivity contribution is -0.117. The molecule has 1 aliphatic rings. The molecule has 0 aliphatic carbocycles. The molecule has 21 heavy (non-hydrogen) atoms. The molecule has 2 rings (SSSR count). The minimum absolute atomic E-state index is 0.0923. The minimum Gasteiger partial charge on any atom is -0.494 e. The van der Waals surface area contributed by atoms with E-state index in [0.29, 0.717) is 24.9 Å². The van der Waals surface area contributed by atoms with E-state index in [0.717, 1.165) is 24.5 Å². The minimum atomic E-state index is 0.0923. The Morgan fingerprint density at radius 2 is 2.19 bits per heavy atom. The molecule has 4 heteroatoms. The number of benzene rings is 1. The summed E-state index contributed by atoms with van der Waals surface area (Å²) in [5, 5.41) is 6.34. The number of anilines is 1. The Hall–Kier alpha value is -1.55. The van der Waals surface area contributed by atoms with Gasteiger partial charge in [0.15, 0.2) is 0 Å². The Kier molecular flexibility index (Phi) is 6.05. The summed E-state index contributed by atoms with van der Waals surface area (Å²) < 4.78 is 5.45. The van der Waals surface area contributed by atoms with Gasteiger partial charge in [-0.1, -0.05) is 13.0 Å². The zero-order valence-corrected chi connectivity index (χ0v) is 13.0. The number of carbonyl (C=O) groups excluding carboxylic acids is 1. The number of piperidine rings is 1. The van der Waals surface area contributed by atoms with Crippen molar-refractivity contribution in [3.05, 3.63) is 24.3 Å². The Morgan fingerprint density at radius 3 is 2.90 bits per heavy atom. The molecule has 1 heterocycles. The maximum atomic E-state index is 12.2. The fraction of sp³-hybridized carbons (Fsp3) is 0.588. The molecule has 116 valence electrons. The van der Waals surface area contributed by atoms with Crippen molar-refractivity contribution in [2.75, 3.05) is 25.0 Å². The fourth-order valence-electron chi connectivity index (χ4n) is 2.91. The van der Waals surface area contributed by atoms with Crippen molar-refractivity contribution in [2.24, 2.45) is 11.8 Å². The maximum absolute atomic E-state index is 12.2. The summed E-state index contributed by atoms with van der Waals surface area (Å²) in [5.41, 5.74) is 0.809. The van der Waals surface area contributed by atoms with Gasteiger partial charge < -0.3 is 15.4 Å². The van der Waals surface area contributed by atoms with Gasteiger partial charge in [-0.15, -0.1) is 0 Å². The average Bonchev–Trinajstić information content (AvgIpc) is 2.48. The van der Waals surface area contributed by atoms with E-state index in [1.54, 1.807) is 0 Å². The molecule has 0 spiro atoms. The predicted octanol–water partition coefficient (Wildman–Crippen LogP) is 3.05. The van der Waals surface area contributed by atoms with Crippen molar-refractivity contribution < 1.29 is 9.53 Å². The summed E-state index contributed by atoms with van der Waals surface area (Å²) in [6, 6.07) is 7.57. The zero-order valence-electron chi connectivity index (χ0n) is 13.0. The van der Waals surface area contributed by atoms with Gasteiger partial charge in [-0.05, 0) is 56.8 Å². The van der Waals surface area contributed by atoms with Crippen molar-refractivity contribution >= 4 is 11.6 Å². The summed E-state index contributed by atoms with van der Waals surface area (Å²) >= 11 is 0. The van der Waals surface area contributed by atoms with E-state index in [1.165, 1.54) is 12.8 Å². The van der Waals surface area contributed by atoms with Crippen molar-refractivity contribution in [3.63, 3.8) is 0 Å². The van der Waals surface area contributed by atoms with Crippen LogP contribution in [0, 0.1) is 11.8 Å². The smallest absolute Gasteiger partial charge is 0.224 e. The molecule has 1 unspecified atom stereocenters. The topological polar surface area (TPSA) is 50.4 Å². The molecule has 0 bridgehead atoms. The molecule has 1 saturated heterocycles. The lowest BCUT2D eigenvalue weighted by Crippen LogP contribution is -2.32. The van der Waals surface area contributed by atoms with Crippen molar-refractivity contribution in [1.82, 2.24) is 5.32 Å². The van der Waals surface area contributed by atoms with Crippen LogP contribution in [0.4, 0.5) is 5.69 Å². The lowest BCUT2D eigenvalue weighted by atomic mass is 9.84. The quantitative estimate of drug-likeness (QED) is 0.846. The highest BCUT2D eigenvalue weighted by atomic mass is 16.5. The number of hydrogen-bond acceptors (Lipinski definition) is 3. The summed E-state index contributed by atoms with van der Waals surface area (Å²) in [4.78, 5) is 12.2. The highest BCUT2D eigenvalue weighted by Crippen LogP contribution is 2.25. The third-order valence-corrected chi connectivity index (χ3v) is 4.12.